The Hall–Kier alpha value is -4.47. The van der Waals surface area contributed by atoms with Gasteiger partial charge in [-0.1, -0.05) is 7.43 Å². The number of alkyl halides is 4. The second-order valence-corrected chi connectivity index (χ2v) is 14.8. The number of aromatic amines is 2. The van der Waals surface area contributed by atoms with E-state index in [2.05, 4.69) is 23.7 Å². The van der Waals surface area contributed by atoms with Crippen molar-refractivity contribution in [3.05, 3.63) is 66.2 Å². The molecule has 0 saturated carbocycles. The molecule has 2 aromatic rings. The Bertz CT molecular complexity index is 2010. The topological polar surface area (TPSA) is 305 Å². The Morgan fingerprint density at radius 1 is 0.763 bits per heavy atom. The van der Waals surface area contributed by atoms with E-state index in [1.54, 1.807) is 0 Å². The summed E-state index contributed by atoms with van der Waals surface area (Å²) >= 11 is 0. The Balaban J connectivity index is 0.000000500. The van der Waals surface area contributed by atoms with E-state index in [1.165, 1.54) is 27.7 Å². The zero-order valence-corrected chi connectivity index (χ0v) is 32.2. The minimum Gasteiger partial charge on any atom is -0.432 e. The summed E-state index contributed by atoms with van der Waals surface area (Å²) in [4.78, 5) is 72.5. The molecule has 2 aromatic heterocycles. The van der Waals surface area contributed by atoms with E-state index in [0.29, 0.717) is 16.1 Å². The van der Waals surface area contributed by atoms with E-state index in [1.807, 2.05) is 9.97 Å². The first-order valence-electron chi connectivity index (χ1n) is 16.6. The molecule has 2 aliphatic heterocycles. The van der Waals surface area contributed by atoms with Crippen LogP contribution < -0.4 is 22.5 Å². The molecule has 4 rings (SSSR count). The number of aromatic nitrogens is 4. The van der Waals surface area contributed by atoms with E-state index in [4.69, 9.17) is 23.4 Å². The molecule has 0 unspecified atom stereocenters. The lowest BCUT2D eigenvalue weighted by Crippen LogP contribution is -2.47. The van der Waals surface area contributed by atoms with Crippen molar-refractivity contribution in [3.8, 4) is 0 Å². The van der Waals surface area contributed by atoms with Crippen LogP contribution in [0.15, 0.2) is 43.7 Å². The number of rotatable bonds is 14. The van der Waals surface area contributed by atoms with Gasteiger partial charge in [0, 0.05) is 24.5 Å². The number of ether oxygens (including phenoxy) is 6. The first-order valence-corrected chi connectivity index (χ1v) is 18.1. The number of phosphoric acid groups is 1. The van der Waals surface area contributed by atoms with E-state index in [0.717, 1.165) is 31.5 Å². The standard InChI is InChI=1S/C20H29F2N2O14P.C10H12F2N2O5.CH4/c1-11(2)36-17(28)31-9-34-39(30,35-10-32-18(29)37-12(3)4)33-8-20(22)14(26)19(5,21)15(38-20)24-7-6-13(25)23-16(24)27;1-9(11)6(17)10(12,4-15)19-7(9)14-3-2-5(16)13-8(14)18;/h6-7,11-12,14-15,26H,8-10H2,1-5H3,(H,23,25,27);2-3,6-7,15,17H,4H2,1H3,(H,13,16,18);1H4/t14-,15+,19+,20+;6-,7+,9+,10+;/m00./s1. The maximum absolute atomic E-state index is 15.6. The van der Waals surface area contributed by atoms with Gasteiger partial charge in [-0.05, 0) is 41.5 Å². The van der Waals surface area contributed by atoms with Gasteiger partial charge >= 0.3 is 31.5 Å². The van der Waals surface area contributed by atoms with Gasteiger partial charge in [0.25, 0.3) is 22.8 Å². The van der Waals surface area contributed by atoms with Gasteiger partial charge < -0.3 is 43.7 Å². The van der Waals surface area contributed by atoms with Crippen molar-refractivity contribution in [2.24, 2.45) is 0 Å². The molecule has 2 aliphatic rings. The summed E-state index contributed by atoms with van der Waals surface area (Å²) in [7, 11) is -5.01. The third kappa shape index (κ3) is 12.3. The van der Waals surface area contributed by atoms with Crippen LogP contribution in [-0.4, -0.2) is 121 Å². The van der Waals surface area contributed by atoms with Crippen LogP contribution in [0.5, 0.6) is 0 Å². The SMILES string of the molecule is C.CC(C)OC(=O)OCOP(=O)(OCOC(=O)OC(C)C)OC[C@@]1(F)O[C@@H](n2ccc(=O)[nH]c2=O)[C@](C)(F)[C@@H]1O.C[C@]1(F)[C@H](n2ccc(=O)[nH]c2=O)O[C@](F)(CO)[C@H]1O. The lowest BCUT2D eigenvalue weighted by Gasteiger charge is -2.26. The van der Waals surface area contributed by atoms with Crippen molar-refractivity contribution >= 4 is 20.1 Å². The molecule has 336 valence electrons. The van der Waals surface area contributed by atoms with Gasteiger partial charge in [0.2, 0.25) is 13.6 Å². The van der Waals surface area contributed by atoms with Crippen molar-refractivity contribution in [2.75, 3.05) is 26.8 Å². The summed E-state index contributed by atoms with van der Waals surface area (Å²) in [5.41, 5.74) is -9.40. The molecule has 2 fully saturated rings. The average molecular weight is 885 g/mol. The molecule has 59 heavy (non-hydrogen) atoms. The minimum atomic E-state index is -5.01. The highest BCUT2D eigenvalue weighted by atomic mass is 31.2. The molecular formula is C31H45F4N4O19P. The minimum absolute atomic E-state index is 0. The summed E-state index contributed by atoms with van der Waals surface area (Å²) < 4.78 is 116. The van der Waals surface area contributed by atoms with Crippen molar-refractivity contribution in [1.82, 2.24) is 19.1 Å². The fourth-order valence-electron chi connectivity index (χ4n) is 4.97. The quantitative estimate of drug-likeness (QED) is 0.0776. The van der Waals surface area contributed by atoms with Crippen LogP contribution in [0.4, 0.5) is 27.2 Å². The van der Waals surface area contributed by atoms with Gasteiger partial charge in [-0.2, -0.15) is 0 Å². The zero-order valence-electron chi connectivity index (χ0n) is 31.3. The normalized spacial score (nSPS) is 29.0. The number of halogens is 4. The predicted molar refractivity (Wildman–Crippen MR) is 186 cm³/mol. The molecule has 0 aromatic carbocycles. The Labute approximate surface area is 330 Å². The van der Waals surface area contributed by atoms with Crippen molar-refractivity contribution < 1.29 is 89.0 Å². The average Bonchev–Trinajstić information content (AvgIpc) is 3.40. The maximum atomic E-state index is 15.6. The fourth-order valence-corrected chi connectivity index (χ4v) is 5.89. The molecule has 4 heterocycles. The lowest BCUT2D eigenvalue weighted by molar-refractivity contribution is -0.207. The number of nitrogens with one attached hydrogen (secondary N) is 2. The maximum Gasteiger partial charge on any atom is 0.510 e. The van der Waals surface area contributed by atoms with Crippen molar-refractivity contribution in [3.63, 3.8) is 0 Å². The molecule has 23 nitrogen and oxygen atoms in total. The third-order valence-electron chi connectivity index (χ3n) is 7.75. The van der Waals surface area contributed by atoms with Crippen LogP contribution in [0.2, 0.25) is 0 Å². The Morgan fingerprint density at radius 2 is 1.14 bits per heavy atom. The predicted octanol–water partition coefficient (Wildman–Crippen LogP) is 1.47. The number of aliphatic hydroxyl groups excluding tert-OH is 3. The number of H-pyrrole nitrogens is 2. The molecular weight excluding hydrogens is 839 g/mol. The van der Waals surface area contributed by atoms with Gasteiger partial charge in [0.15, 0.2) is 36.0 Å². The van der Waals surface area contributed by atoms with Crippen LogP contribution in [0, 0.1) is 0 Å². The number of phosphoric ester groups is 1. The highest BCUT2D eigenvalue weighted by Gasteiger charge is 2.66. The molecule has 8 atom stereocenters. The van der Waals surface area contributed by atoms with Crippen molar-refractivity contribution in [1.29, 1.82) is 0 Å². The summed E-state index contributed by atoms with van der Waals surface area (Å²) in [6.45, 7) is 2.50. The molecule has 5 N–H and O–H groups in total. The summed E-state index contributed by atoms with van der Waals surface area (Å²) in [6.07, 6.45) is -10.8. The Morgan fingerprint density at radius 3 is 1.47 bits per heavy atom. The van der Waals surface area contributed by atoms with Crippen LogP contribution in [-0.2, 0) is 46.6 Å². The number of hydrogen-bond acceptors (Lipinski definition) is 19. The summed E-state index contributed by atoms with van der Waals surface area (Å²) in [5, 5.41) is 28.7. The molecule has 28 heteroatoms. The van der Waals surface area contributed by atoms with E-state index in [9.17, 15) is 52.3 Å². The second-order valence-electron chi connectivity index (χ2n) is 13.1. The summed E-state index contributed by atoms with van der Waals surface area (Å²) in [6, 6.07) is 1.75. The zero-order chi connectivity index (χ0) is 44.0. The van der Waals surface area contributed by atoms with Gasteiger partial charge in [-0.15, -0.1) is 0 Å². The second kappa shape index (κ2) is 19.7. The molecule has 0 spiro atoms. The first kappa shape index (κ1) is 50.7. The molecule has 0 radical (unpaired) electrons. The molecule has 0 amide bonds. The summed E-state index contributed by atoms with van der Waals surface area (Å²) in [5.74, 6) is -6.50. The van der Waals surface area contributed by atoms with Gasteiger partial charge in [-0.25, -0.2) is 50.4 Å². The highest BCUT2D eigenvalue weighted by molar-refractivity contribution is 7.48. The number of carbonyl (C=O) groups is 2. The lowest BCUT2D eigenvalue weighted by atomic mass is 9.97. The Kier molecular flexibility index (Phi) is 16.9. The van der Waals surface area contributed by atoms with Crippen molar-refractivity contribution in [2.45, 2.75) is 109 Å². The van der Waals surface area contributed by atoms with Crippen LogP contribution >= 0.6 is 7.82 Å². The fraction of sp³-hybridized carbons (Fsp3) is 0.677. The smallest absolute Gasteiger partial charge is 0.432 e. The van der Waals surface area contributed by atoms with Crippen LogP contribution in [0.1, 0.15) is 61.4 Å². The van der Waals surface area contributed by atoms with Gasteiger partial charge in [0.1, 0.15) is 13.2 Å². The van der Waals surface area contributed by atoms with E-state index >= 15 is 8.78 Å². The third-order valence-corrected chi connectivity index (χ3v) is 9.04. The van der Waals surface area contributed by atoms with Gasteiger partial charge in [0.05, 0.1) is 12.2 Å². The highest BCUT2D eigenvalue weighted by Crippen LogP contribution is 2.53. The first-order chi connectivity index (χ1) is 26.7. The van der Waals surface area contributed by atoms with E-state index < -0.39 is 129 Å². The van der Waals surface area contributed by atoms with Crippen LogP contribution in [0.3, 0.4) is 0 Å². The molecule has 0 aliphatic carbocycles. The largest absolute Gasteiger partial charge is 0.510 e. The number of aliphatic hydroxyl groups is 3. The monoisotopic (exact) mass is 884 g/mol. The molecule has 0 bridgehead atoms. The van der Waals surface area contributed by atoms with Gasteiger partial charge in [-0.3, -0.25) is 33.2 Å². The number of nitrogens with zero attached hydrogens (tertiary/aromatic N) is 2. The van der Waals surface area contributed by atoms with E-state index in [-0.39, 0.29) is 7.43 Å². The number of hydrogen-bond donors (Lipinski definition) is 5. The number of carbonyl (C=O) groups excluding carboxylic acids is 2. The molecule has 2 saturated heterocycles. The van der Waals surface area contributed by atoms with Crippen LogP contribution in [0.25, 0.3) is 0 Å².